The summed E-state index contributed by atoms with van der Waals surface area (Å²) in [5.74, 6) is 2.45. The third-order valence-corrected chi connectivity index (χ3v) is 12.6. The predicted molar refractivity (Wildman–Crippen MR) is 263 cm³/mol. The number of para-hydroxylation sites is 2. The average Bonchev–Trinajstić information content (AvgIpc) is 3.75. The molecule has 0 N–H and O–H groups in total. The molecule has 2 aromatic heterocycles. The zero-order chi connectivity index (χ0) is 43.9. The van der Waals surface area contributed by atoms with Gasteiger partial charge in [0.15, 0.2) is 0 Å². The SMILES string of the molecule is Cc1cc(C)c(-c2ccc3c4ccc(Oc5cccc(N6CN(c7cc(C(C)(C)C)cc(C(C)(C)C)c7)c7ccccc76)c5)cc4n(-c4cc(C(C)(C)C)ccn4)c3c2)c(C)c1. The summed E-state index contributed by atoms with van der Waals surface area (Å²) in [4.78, 5) is 9.86. The summed E-state index contributed by atoms with van der Waals surface area (Å²) in [6.45, 7) is 27.9. The minimum Gasteiger partial charge on any atom is -0.457 e. The van der Waals surface area contributed by atoms with Crippen LogP contribution in [0.5, 0.6) is 11.5 Å². The molecule has 5 nitrogen and oxygen atoms in total. The molecule has 0 atom stereocenters. The summed E-state index contributed by atoms with van der Waals surface area (Å²) in [7, 11) is 0. The second kappa shape index (κ2) is 14.9. The van der Waals surface area contributed by atoms with E-state index in [1.54, 1.807) is 0 Å². The van der Waals surface area contributed by atoms with Crippen molar-refractivity contribution in [2.45, 2.75) is 99.3 Å². The van der Waals surface area contributed by atoms with Gasteiger partial charge in [-0.1, -0.05) is 116 Å². The van der Waals surface area contributed by atoms with Crippen LogP contribution in [0.2, 0.25) is 0 Å². The molecule has 1 aliphatic rings. The molecule has 0 fully saturated rings. The number of hydrogen-bond acceptors (Lipinski definition) is 4. The van der Waals surface area contributed by atoms with E-state index in [1.807, 2.05) is 6.20 Å². The number of ether oxygens (including phenoxy) is 1. The highest BCUT2D eigenvalue weighted by molar-refractivity contribution is 6.10. The Morgan fingerprint density at radius 3 is 1.71 bits per heavy atom. The highest BCUT2D eigenvalue weighted by Crippen LogP contribution is 2.47. The lowest BCUT2D eigenvalue weighted by molar-refractivity contribution is 0.483. The standard InChI is InChI=1S/C57H60N4O/c1-36-26-37(2)54(38(3)27-36)39-20-22-47-48-23-21-46(34-52(48)61(51(47)28-39)53-32-40(24-25-58-53)55(4,5)6)62-45-17-15-16-43(33-45)59-35-60(50-19-14-13-18-49(50)59)44-30-41(56(7,8)9)29-42(31-44)57(10,11)12/h13-34H,35H2,1-12H3. The number of rotatable bonds is 6. The molecule has 3 heterocycles. The summed E-state index contributed by atoms with van der Waals surface area (Å²) in [6.07, 6.45) is 1.94. The fourth-order valence-electron chi connectivity index (χ4n) is 9.25. The van der Waals surface area contributed by atoms with Crippen molar-refractivity contribution in [2.24, 2.45) is 0 Å². The normalized spacial score (nSPS) is 13.4. The molecule has 0 saturated heterocycles. The van der Waals surface area contributed by atoms with E-state index in [4.69, 9.17) is 9.72 Å². The van der Waals surface area contributed by atoms with Crippen LogP contribution < -0.4 is 14.5 Å². The van der Waals surface area contributed by atoms with Crippen LogP contribution in [-0.2, 0) is 16.2 Å². The summed E-state index contributed by atoms with van der Waals surface area (Å²) >= 11 is 0. The van der Waals surface area contributed by atoms with Crippen molar-refractivity contribution < 1.29 is 4.74 Å². The van der Waals surface area contributed by atoms with Gasteiger partial charge in [-0.25, -0.2) is 4.98 Å². The van der Waals surface area contributed by atoms with Gasteiger partial charge in [0.1, 0.15) is 24.0 Å². The Kier molecular flexibility index (Phi) is 9.89. The quantitative estimate of drug-likeness (QED) is 0.167. The molecule has 0 radical (unpaired) electrons. The predicted octanol–water partition coefficient (Wildman–Crippen LogP) is 15.7. The number of fused-ring (bicyclic) bond motifs is 4. The molecule has 0 unspecified atom stereocenters. The van der Waals surface area contributed by atoms with E-state index in [9.17, 15) is 0 Å². The van der Waals surface area contributed by atoms with Crippen LogP contribution in [0, 0.1) is 20.8 Å². The van der Waals surface area contributed by atoms with Crippen molar-refractivity contribution >= 4 is 44.6 Å². The Hall–Kier alpha value is -6.33. The third-order valence-electron chi connectivity index (χ3n) is 12.6. The zero-order valence-electron chi connectivity index (χ0n) is 38.6. The summed E-state index contributed by atoms with van der Waals surface area (Å²) in [6, 6.07) is 46.7. The van der Waals surface area contributed by atoms with Gasteiger partial charge in [0, 0.05) is 40.5 Å². The molecule has 0 aliphatic carbocycles. The highest BCUT2D eigenvalue weighted by Gasteiger charge is 2.30. The second-order valence-corrected chi connectivity index (χ2v) is 20.5. The molecule has 1 aliphatic heterocycles. The number of anilines is 4. The highest BCUT2D eigenvalue weighted by atomic mass is 16.5. The first-order valence-corrected chi connectivity index (χ1v) is 22.0. The zero-order valence-corrected chi connectivity index (χ0v) is 38.6. The minimum absolute atomic E-state index is 0.0214. The number of pyridine rings is 1. The smallest absolute Gasteiger partial charge is 0.137 e. The van der Waals surface area contributed by atoms with Gasteiger partial charge in [-0.15, -0.1) is 0 Å². The van der Waals surface area contributed by atoms with Crippen molar-refractivity contribution in [3.05, 3.63) is 167 Å². The number of aryl methyl sites for hydroxylation is 3. The Bertz CT molecular complexity index is 2970. The third kappa shape index (κ3) is 7.52. The maximum Gasteiger partial charge on any atom is 0.137 e. The number of benzene rings is 6. The van der Waals surface area contributed by atoms with Gasteiger partial charge in [-0.3, -0.25) is 4.57 Å². The minimum atomic E-state index is -0.0320. The maximum absolute atomic E-state index is 6.82. The molecule has 0 bridgehead atoms. The van der Waals surface area contributed by atoms with Crippen molar-refractivity contribution in [1.82, 2.24) is 9.55 Å². The van der Waals surface area contributed by atoms with Gasteiger partial charge < -0.3 is 14.5 Å². The lowest BCUT2D eigenvalue weighted by atomic mass is 9.80. The van der Waals surface area contributed by atoms with Crippen LogP contribution >= 0.6 is 0 Å². The number of hydrogen-bond donors (Lipinski definition) is 0. The van der Waals surface area contributed by atoms with E-state index in [0.717, 1.165) is 39.4 Å². The van der Waals surface area contributed by atoms with Crippen LogP contribution in [0.25, 0.3) is 38.8 Å². The fourth-order valence-corrected chi connectivity index (χ4v) is 9.25. The Morgan fingerprint density at radius 1 is 0.500 bits per heavy atom. The van der Waals surface area contributed by atoms with Gasteiger partial charge in [0.05, 0.1) is 22.4 Å². The molecule has 6 aromatic carbocycles. The Labute approximate surface area is 368 Å². The molecular weight excluding hydrogens is 757 g/mol. The van der Waals surface area contributed by atoms with E-state index >= 15 is 0 Å². The van der Waals surface area contributed by atoms with Crippen molar-refractivity contribution in [1.29, 1.82) is 0 Å². The first-order valence-electron chi connectivity index (χ1n) is 22.0. The monoisotopic (exact) mass is 816 g/mol. The molecule has 0 amide bonds. The Morgan fingerprint density at radius 2 is 1.08 bits per heavy atom. The number of nitrogens with zero attached hydrogens (tertiary/aromatic N) is 4. The largest absolute Gasteiger partial charge is 0.457 e. The van der Waals surface area contributed by atoms with Crippen molar-refractivity contribution in [2.75, 3.05) is 16.5 Å². The van der Waals surface area contributed by atoms with Gasteiger partial charge in [-0.05, 0) is 143 Å². The molecule has 314 valence electrons. The van der Waals surface area contributed by atoms with Crippen LogP contribution in [0.15, 0.2) is 134 Å². The molecule has 0 spiro atoms. The van der Waals surface area contributed by atoms with E-state index in [1.165, 1.54) is 67.0 Å². The van der Waals surface area contributed by atoms with Gasteiger partial charge in [0.2, 0.25) is 0 Å². The van der Waals surface area contributed by atoms with Crippen molar-refractivity contribution in [3.63, 3.8) is 0 Å². The molecule has 5 heteroatoms. The molecular formula is C57H60N4O. The van der Waals surface area contributed by atoms with Crippen molar-refractivity contribution in [3.8, 4) is 28.4 Å². The first kappa shape index (κ1) is 41.0. The first-order chi connectivity index (χ1) is 29.3. The van der Waals surface area contributed by atoms with Gasteiger partial charge >= 0.3 is 0 Å². The Balaban J connectivity index is 1.11. The fraction of sp³-hybridized carbons (Fsp3) is 0.281. The van der Waals surface area contributed by atoms with Gasteiger partial charge in [-0.2, -0.15) is 0 Å². The van der Waals surface area contributed by atoms with Crippen LogP contribution in [-0.4, -0.2) is 16.2 Å². The van der Waals surface area contributed by atoms with E-state index in [-0.39, 0.29) is 16.2 Å². The average molecular weight is 817 g/mol. The summed E-state index contributed by atoms with van der Waals surface area (Å²) < 4.78 is 9.14. The van der Waals surface area contributed by atoms with E-state index in [0.29, 0.717) is 6.67 Å². The van der Waals surface area contributed by atoms with Crippen LogP contribution in [0.3, 0.4) is 0 Å². The van der Waals surface area contributed by atoms with Gasteiger partial charge in [0.25, 0.3) is 0 Å². The van der Waals surface area contributed by atoms with E-state index < -0.39 is 0 Å². The topological polar surface area (TPSA) is 33.5 Å². The molecule has 0 saturated carbocycles. The lowest BCUT2D eigenvalue weighted by Gasteiger charge is -2.29. The summed E-state index contributed by atoms with van der Waals surface area (Å²) in [5.41, 5.74) is 17.1. The maximum atomic E-state index is 6.82. The lowest BCUT2D eigenvalue weighted by Crippen LogP contribution is -2.25. The molecule has 62 heavy (non-hydrogen) atoms. The summed E-state index contributed by atoms with van der Waals surface area (Å²) in [5, 5.41) is 2.34. The van der Waals surface area contributed by atoms with Crippen LogP contribution in [0.4, 0.5) is 22.7 Å². The van der Waals surface area contributed by atoms with Crippen LogP contribution in [0.1, 0.15) is 95.7 Å². The second-order valence-electron chi connectivity index (χ2n) is 20.5. The molecule has 8 aromatic rings. The molecule has 9 rings (SSSR count). The van der Waals surface area contributed by atoms with E-state index in [2.05, 4.69) is 225 Å². The number of aromatic nitrogens is 2.